The number of hydrogen-bond donors (Lipinski definition) is 1. The lowest BCUT2D eigenvalue weighted by atomic mass is 10.1. The van der Waals surface area contributed by atoms with Crippen molar-refractivity contribution in [3.63, 3.8) is 0 Å². The number of carbonyl (C=O) groups is 1. The summed E-state index contributed by atoms with van der Waals surface area (Å²) in [5, 5.41) is 0. The maximum Gasteiger partial charge on any atom is 0.306 e. The van der Waals surface area contributed by atoms with Crippen LogP contribution in [0.15, 0.2) is 24.3 Å². The summed E-state index contributed by atoms with van der Waals surface area (Å²) in [7, 11) is 0. The Morgan fingerprint density at radius 1 is 1.50 bits per heavy atom. The van der Waals surface area contributed by atoms with Crippen LogP contribution in [0, 0.1) is 0 Å². The smallest absolute Gasteiger partial charge is 0.306 e. The molecule has 16 heavy (non-hydrogen) atoms. The monoisotopic (exact) mass is 239 g/mol. The molecule has 0 heterocycles. The quantitative estimate of drug-likeness (QED) is 0.469. The SMILES string of the molecule is CSCCOC(=O)CCc1cccc(N)c1. The third-order valence-electron chi connectivity index (χ3n) is 2.12. The molecule has 0 aliphatic rings. The topological polar surface area (TPSA) is 52.3 Å². The summed E-state index contributed by atoms with van der Waals surface area (Å²) in [5.41, 5.74) is 7.45. The number of carbonyl (C=O) groups excluding carboxylic acids is 1. The Balaban J connectivity index is 2.26. The Morgan fingerprint density at radius 2 is 2.31 bits per heavy atom. The van der Waals surface area contributed by atoms with E-state index in [1.54, 1.807) is 11.8 Å². The number of hydrogen-bond acceptors (Lipinski definition) is 4. The molecular weight excluding hydrogens is 222 g/mol. The van der Waals surface area contributed by atoms with Crippen LogP contribution in [0.5, 0.6) is 0 Å². The standard InChI is InChI=1S/C12H17NO2S/c1-16-8-7-15-12(14)6-5-10-3-2-4-11(13)9-10/h2-4,9H,5-8,13H2,1H3. The fourth-order valence-electron chi connectivity index (χ4n) is 1.31. The first-order valence-corrected chi connectivity index (χ1v) is 6.60. The highest BCUT2D eigenvalue weighted by Crippen LogP contribution is 2.09. The number of ether oxygens (including phenoxy) is 1. The third kappa shape index (κ3) is 5.07. The second-order valence-electron chi connectivity index (χ2n) is 3.46. The van der Waals surface area contributed by atoms with Crippen molar-refractivity contribution in [1.29, 1.82) is 0 Å². The van der Waals surface area contributed by atoms with E-state index in [1.165, 1.54) is 0 Å². The molecule has 0 unspecified atom stereocenters. The minimum atomic E-state index is -0.142. The second kappa shape index (κ2) is 7.17. The van der Waals surface area contributed by atoms with E-state index in [2.05, 4.69) is 0 Å². The van der Waals surface area contributed by atoms with E-state index in [1.807, 2.05) is 30.5 Å². The lowest BCUT2D eigenvalue weighted by Gasteiger charge is -2.04. The van der Waals surface area contributed by atoms with Crippen LogP contribution in [0.3, 0.4) is 0 Å². The van der Waals surface area contributed by atoms with Gasteiger partial charge in [0.1, 0.15) is 6.61 Å². The molecule has 0 saturated heterocycles. The van der Waals surface area contributed by atoms with Crippen LogP contribution < -0.4 is 5.73 Å². The molecule has 2 N–H and O–H groups in total. The molecule has 0 aromatic heterocycles. The van der Waals surface area contributed by atoms with E-state index < -0.39 is 0 Å². The average molecular weight is 239 g/mol. The maximum atomic E-state index is 11.3. The van der Waals surface area contributed by atoms with Gasteiger partial charge in [0.2, 0.25) is 0 Å². The first-order valence-electron chi connectivity index (χ1n) is 5.21. The molecule has 4 heteroatoms. The minimum absolute atomic E-state index is 0.142. The van der Waals surface area contributed by atoms with Gasteiger partial charge in [-0.2, -0.15) is 11.8 Å². The summed E-state index contributed by atoms with van der Waals surface area (Å²) in [6, 6.07) is 7.57. The van der Waals surface area contributed by atoms with Crippen molar-refractivity contribution in [3.05, 3.63) is 29.8 Å². The minimum Gasteiger partial charge on any atom is -0.465 e. The van der Waals surface area contributed by atoms with Crippen LogP contribution in [-0.2, 0) is 16.0 Å². The molecule has 0 saturated carbocycles. The van der Waals surface area contributed by atoms with Gasteiger partial charge in [0.05, 0.1) is 0 Å². The number of nitrogens with two attached hydrogens (primary N) is 1. The first kappa shape index (κ1) is 12.9. The highest BCUT2D eigenvalue weighted by atomic mass is 32.2. The Hall–Kier alpha value is -1.16. The van der Waals surface area contributed by atoms with Crippen molar-refractivity contribution in [3.8, 4) is 0 Å². The third-order valence-corrected chi connectivity index (χ3v) is 2.69. The van der Waals surface area contributed by atoms with Gasteiger partial charge in [-0.25, -0.2) is 0 Å². The Bertz CT molecular complexity index is 342. The zero-order valence-corrected chi connectivity index (χ0v) is 10.3. The first-order chi connectivity index (χ1) is 7.72. The number of benzene rings is 1. The van der Waals surface area contributed by atoms with Crippen LogP contribution in [0.25, 0.3) is 0 Å². The lowest BCUT2D eigenvalue weighted by molar-refractivity contribution is -0.142. The maximum absolute atomic E-state index is 11.3. The van der Waals surface area contributed by atoms with E-state index in [4.69, 9.17) is 10.5 Å². The molecule has 1 rings (SSSR count). The summed E-state index contributed by atoms with van der Waals surface area (Å²) in [6.07, 6.45) is 3.08. The van der Waals surface area contributed by atoms with Crippen LogP contribution in [-0.4, -0.2) is 24.6 Å². The largest absolute Gasteiger partial charge is 0.465 e. The molecular formula is C12H17NO2S. The van der Waals surface area contributed by atoms with E-state index in [0.29, 0.717) is 19.4 Å². The average Bonchev–Trinajstić information content (AvgIpc) is 2.27. The lowest BCUT2D eigenvalue weighted by Crippen LogP contribution is -2.08. The van der Waals surface area contributed by atoms with E-state index in [0.717, 1.165) is 17.0 Å². The fraction of sp³-hybridized carbons (Fsp3) is 0.417. The van der Waals surface area contributed by atoms with Gasteiger partial charge in [-0.15, -0.1) is 0 Å². The van der Waals surface area contributed by atoms with Crippen molar-refractivity contribution in [2.75, 3.05) is 24.3 Å². The van der Waals surface area contributed by atoms with E-state index in [-0.39, 0.29) is 5.97 Å². The number of aryl methyl sites for hydroxylation is 1. The van der Waals surface area contributed by atoms with Gasteiger partial charge in [-0.3, -0.25) is 4.79 Å². The van der Waals surface area contributed by atoms with Gasteiger partial charge in [-0.1, -0.05) is 12.1 Å². The van der Waals surface area contributed by atoms with Gasteiger partial charge >= 0.3 is 5.97 Å². The molecule has 0 atom stereocenters. The predicted octanol–water partition coefficient (Wildman–Crippen LogP) is 2.11. The molecule has 88 valence electrons. The predicted molar refractivity (Wildman–Crippen MR) is 68.5 cm³/mol. The Labute approximate surface area is 100 Å². The van der Waals surface area contributed by atoms with Crippen LogP contribution in [0.2, 0.25) is 0 Å². The molecule has 0 aliphatic heterocycles. The van der Waals surface area contributed by atoms with Crippen molar-refractivity contribution >= 4 is 23.4 Å². The Kier molecular flexibility index (Phi) is 5.78. The molecule has 0 bridgehead atoms. The number of esters is 1. The van der Waals surface area contributed by atoms with Crippen molar-refractivity contribution in [2.24, 2.45) is 0 Å². The second-order valence-corrected chi connectivity index (χ2v) is 4.44. The summed E-state index contributed by atoms with van der Waals surface area (Å²) < 4.78 is 5.04. The molecule has 1 aromatic rings. The van der Waals surface area contributed by atoms with Gasteiger partial charge in [0.25, 0.3) is 0 Å². The highest BCUT2D eigenvalue weighted by molar-refractivity contribution is 7.98. The molecule has 0 amide bonds. The van der Waals surface area contributed by atoms with Crippen LogP contribution in [0.4, 0.5) is 5.69 Å². The van der Waals surface area contributed by atoms with Crippen molar-refractivity contribution < 1.29 is 9.53 Å². The Morgan fingerprint density at radius 3 is 3.00 bits per heavy atom. The van der Waals surface area contributed by atoms with Crippen molar-refractivity contribution in [1.82, 2.24) is 0 Å². The molecule has 0 aliphatic carbocycles. The molecule has 0 spiro atoms. The fourth-order valence-corrected chi connectivity index (χ4v) is 1.56. The number of nitrogen functional groups attached to an aromatic ring is 1. The van der Waals surface area contributed by atoms with Gasteiger partial charge in [-0.05, 0) is 30.4 Å². The van der Waals surface area contributed by atoms with Gasteiger partial charge in [0.15, 0.2) is 0 Å². The van der Waals surface area contributed by atoms with Gasteiger partial charge in [0, 0.05) is 17.9 Å². The highest BCUT2D eigenvalue weighted by Gasteiger charge is 2.03. The molecule has 0 fully saturated rings. The zero-order chi connectivity index (χ0) is 11.8. The van der Waals surface area contributed by atoms with Crippen LogP contribution >= 0.6 is 11.8 Å². The summed E-state index contributed by atoms with van der Waals surface area (Å²) in [5.74, 6) is 0.709. The number of anilines is 1. The van der Waals surface area contributed by atoms with Crippen molar-refractivity contribution in [2.45, 2.75) is 12.8 Å². The summed E-state index contributed by atoms with van der Waals surface area (Å²) >= 11 is 1.67. The molecule has 0 radical (unpaired) electrons. The van der Waals surface area contributed by atoms with Gasteiger partial charge < -0.3 is 10.5 Å². The summed E-state index contributed by atoms with van der Waals surface area (Å²) in [4.78, 5) is 11.3. The zero-order valence-electron chi connectivity index (χ0n) is 9.44. The molecule has 3 nitrogen and oxygen atoms in total. The normalized spacial score (nSPS) is 10.1. The summed E-state index contributed by atoms with van der Waals surface area (Å²) in [6.45, 7) is 0.497. The number of rotatable bonds is 6. The van der Waals surface area contributed by atoms with E-state index in [9.17, 15) is 4.79 Å². The number of thioether (sulfide) groups is 1. The van der Waals surface area contributed by atoms with Crippen LogP contribution in [0.1, 0.15) is 12.0 Å². The molecule has 1 aromatic carbocycles. The van der Waals surface area contributed by atoms with E-state index >= 15 is 0 Å².